The van der Waals surface area contributed by atoms with E-state index in [1.807, 2.05) is 24.3 Å². The molecule has 1 rings (SSSR count). The first kappa shape index (κ1) is 11.0. The van der Waals surface area contributed by atoms with Crippen LogP contribution in [-0.4, -0.2) is 7.11 Å². The molecule has 3 nitrogen and oxygen atoms in total. The summed E-state index contributed by atoms with van der Waals surface area (Å²) in [6.07, 6.45) is 0.277. The summed E-state index contributed by atoms with van der Waals surface area (Å²) in [5.41, 5.74) is 6.69. The maximum absolute atomic E-state index is 8.57. The van der Waals surface area contributed by atoms with Crippen molar-refractivity contribution in [2.75, 3.05) is 7.11 Å². The van der Waals surface area contributed by atoms with Crippen LogP contribution in [-0.2, 0) is 0 Å². The highest BCUT2D eigenvalue weighted by molar-refractivity contribution is 9.10. The zero-order valence-corrected chi connectivity index (χ0v) is 9.41. The number of rotatable bonds is 3. The van der Waals surface area contributed by atoms with Gasteiger partial charge in [-0.1, -0.05) is 22.0 Å². The zero-order chi connectivity index (χ0) is 10.6. The molecule has 0 amide bonds. The lowest BCUT2D eigenvalue weighted by Gasteiger charge is -2.14. The molecule has 0 bridgehead atoms. The number of hydrogen-bond acceptors (Lipinski definition) is 3. The van der Waals surface area contributed by atoms with Gasteiger partial charge in [-0.25, -0.2) is 0 Å². The standard InChI is InChI=1S/C10H11BrN2O/c1-14-9-4-2-3-7(11)10(9)8(13)5-6-12/h2-4,8H,5,13H2,1H3/t8-/m1/s1. The van der Waals surface area contributed by atoms with Gasteiger partial charge in [0.15, 0.2) is 0 Å². The Hall–Kier alpha value is -1.05. The molecule has 1 aromatic carbocycles. The van der Waals surface area contributed by atoms with Crippen LogP contribution < -0.4 is 10.5 Å². The minimum atomic E-state index is -0.314. The van der Waals surface area contributed by atoms with Gasteiger partial charge >= 0.3 is 0 Å². The molecule has 0 saturated carbocycles. The van der Waals surface area contributed by atoms with Crippen molar-refractivity contribution in [1.29, 1.82) is 5.26 Å². The zero-order valence-electron chi connectivity index (χ0n) is 7.83. The molecule has 0 aliphatic rings. The van der Waals surface area contributed by atoms with Gasteiger partial charge in [0.05, 0.1) is 19.6 Å². The van der Waals surface area contributed by atoms with Crippen molar-refractivity contribution in [3.63, 3.8) is 0 Å². The van der Waals surface area contributed by atoms with Gasteiger partial charge in [-0.15, -0.1) is 0 Å². The second-order valence-electron chi connectivity index (χ2n) is 2.82. The summed E-state index contributed by atoms with van der Waals surface area (Å²) >= 11 is 3.39. The quantitative estimate of drug-likeness (QED) is 0.901. The lowest BCUT2D eigenvalue weighted by molar-refractivity contribution is 0.405. The number of nitrogens with zero attached hydrogens (tertiary/aromatic N) is 1. The molecule has 2 N–H and O–H groups in total. The van der Waals surface area contributed by atoms with Crippen LogP contribution in [0.25, 0.3) is 0 Å². The van der Waals surface area contributed by atoms with Gasteiger partial charge in [0.1, 0.15) is 5.75 Å². The van der Waals surface area contributed by atoms with E-state index >= 15 is 0 Å². The van der Waals surface area contributed by atoms with E-state index in [0.717, 1.165) is 10.0 Å². The molecule has 0 aliphatic heterocycles. The average molecular weight is 255 g/mol. The molecule has 14 heavy (non-hydrogen) atoms. The number of nitriles is 1. The summed E-state index contributed by atoms with van der Waals surface area (Å²) in [5, 5.41) is 8.57. The highest BCUT2D eigenvalue weighted by Gasteiger charge is 2.14. The van der Waals surface area contributed by atoms with Gasteiger partial charge < -0.3 is 10.5 Å². The van der Waals surface area contributed by atoms with Crippen LogP contribution in [0.3, 0.4) is 0 Å². The maximum Gasteiger partial charge on any atom is 0.124 e. The van der Waals surface area contributed by atoms with Crippen LogP contribution in [0.5, 0.6) is 5.75 Å². The van der Waals surface area contributed by atoms with Crippen molar-refractivity contribution in [2.24, 2.45) is 5.73 Å². The van der Waals surface area contributed by atoms with E-state index < -0.39 is 0 Å². The number of ether oxygens (including phenoxy) is 1. The largest absolute Gasteiger partial charge is 0.496 e. The molecule has 74 valence electrons. The lowest BCUT2D eigenvalue weighted by Crippen LogP contribution is -2.11. The number of benzene rings is 1. The number of nitrogens with two attached hydrogens (primary N) is 1. The van der Waals surface area contributed by atoms with Gasteiger partial charge in [0, 0.05) is 16.1 Å². The van der Waals surface area contributed by atoms with Crippen molar-refractivity contribution in [2.45, 2.75) is 12.5 Å². The van der Waals surface area contributed by atoms with Crippen LogP contribution in [0.2, 0.25) is 0 Å². The fourth-order valence-electron chi connectivity index (χ4n) is 1.26. The molecule has 0 aromatic heterocycles. The summed E-state index contributed by atoms with van der Waals surface area (Å²) < 4.78 is 6.05. The molecule has 4 heteroatoms. The van der Waals surface area contributed by atoms with E-state index in [-0.39, 0.29) is 12.5 Å². The molecule has 1 atom stereocenters. The second kappa shape index (κ2) is 4.99. The Kier molecular flexibility index (Phi) is 3.93. The highest BCUT2D eigenvalue weighted by Crippen LogP contribution is 2.32. The van der Waals surface area contributed by atoms with E-state index in [1.54, 1.807) is 7.11 Å². The minimum absolute atomic E-state index is 0.277. The molecule has 0 fully saturated rings. The Bertz CT molecular complexity index is 360. The smallest absolute Gasteiger partial charge is 0.124 e. The van der Waals surface area contributed by atoms with Crippen molar-refractivity contribution < 1.29 is 4.74 Å². The fourth-order valence-corrected chi connectivity index (χ4v) is 1.90. The van der Waals surface area contributed by atoms with Crippen molar-refractivity contribution in [1.82, 2.24) is 0 Å². The molecular formula is C10H11BrN2O. The van der Waals surface area contributed by atoms with Crippen molar-refractivity contribution in [3.8, 4) is 11.8 Å². The van der Waals surface area contributed by atoms with Gasteiger partial charge in [-0.3, -0.25) is 0 Å². The van der Waals surface area contributed by atoms with Gasteiger partial charge in [-0.05, 0) is 12.1 Å². The van der Waals surface area contributed by atoms with Gasteiger partial charge in [-0.2, -0.15) is 5.26 Å². The first-order chi connectivity index (χ1) is 6.70. The second-order valence-corrected chi connectivity index (χ2v) is 3.68. The molecule has 0 radical (unpaired) electrons. The van der Waals surface area contributed by atoms with Crippen LogP contribution in [0, 0.1) is 11.3 Å². The maximum atomic E-state index is 8.57. The SMILES string of the molecule is COc1cccc(Br)c1[C@H](N)CC#N. The molecule has 0 unspecified atom stereocenters. The molecular weight excluding hydrogens is 244 g/mol. The third kappa shape index (κ3) is 2.25. The van der Waals surface area contributed by atoms with Crippen molar-refractivity contribution in [3.05, 3.63) is 28.2 Å². The van der Waals surface area contributed by atoms with E-state index in [0.29, 0.717) is 5.75 Å². The third-order valence-corrected chi connectivity index (χ3v) is 2.61. The van der Waals surface area contributed by atoms with Gasteiger partial charge in [0.25, 0.3) is 0 Å². The summed E-state index contributed by atoms with van der Waals surface area (Å²) in [4.78, 5) is 0. The van der Waals surface area contributed by atoms with Gasteiger partial charge in [0.2, 0.25) is 0 Å². The number of hydrogen-bond donors (Lipinski definition) is 1. The van der Waals surface area contributed by atoms with E-state index in [4.69, 9.17) is 15.7 Å². The van der Waals surface area contributed by atoms with Crippen LogP contribution in [0.4, 0.5) is 0 Å². The summed E-state index contributed by atoms with van der Waals surface area (Å²) in [6.45, 7) is 0. The van der Waals surface area contributed by atoms with E-state index in [9.17, 15) is 0 Å². The minimum Gasteiger partial charge on any atom is -0.496 e. The Morgan fingerprint density at radius 1 is 1.64 bits per heavy atom. The first-order valence-corrected chi connectivity index (χ1v) is 4.95. The molecule has 0 saturated heterocycles. The highest BCUT2D eigenvalue weighted by atomic mass is 79.9. The van der Waals surface area contributed by atoms with E-state index in [2.05, 4.69) is 15.9 Å². The van der Waals surface area contributed by atoms with Crippen molar-refractivity contribution >= 4 is 15.9 Å². The molecule has 0 aliphatic carbocycles. The lowest BCUT2D eigenvalue weighted by atomic mass is 10.0. The summed E-state index contributed by atoms with van der Waals surface area (Å²) in [6, 6.07) is 7.31. The Morgan fingerprint density at radius 2 is 2.36 bits per heavy atom. The average Bonchev–Trinajstić information content (AvgIpc) is 2.17. The monoisotopic (exact) mass is 254 g/mol. The van der Waals surface area contributed by atoms with Crippen LogP contribution in [0.1, 0.15) is 18.0 Å². The predicted molar refractivity (Wildman–Crippen MR) is 57.9 cm³/mol. The molecule has 0 heterocycles. The fraction of sp³-hybridized carbons (Fsp3) is 0.300. The normalized spacial score (nSPS) is 11.9. The van der Waals surface area contributed by atoms with E-state index in [1.165, 1.54) is 0 Å². The Labute approximate surface area is 91.6 Å². The third-order valence-electron chi connectivity index (χ3n) is 1.91. The topological polar surface area (TPSA) is 59.0 Å². The van der Waals surface area contributed by atoms with Crippen LogP contribution >= 0.6 is 15.9 Å². The summed E-state index contributed by atoms with van der Waals surface area (Å²) in [7, 11) is 1.59. The predicted octanol–water partition coefficient (Wildman–Crippen LogP) is 2.37. The van der Waals surface area contributed by atoms with Crippen LogP contribution in [0.15, 0.2) is 22.7 Å². The molecule has 0 spiro atoms. The number of methoxy groups -OCH3 is 1. The number of halogens is 1. The first-order valence-electron chi connectivity index (χ1n) is 4.15. The molecule has 1 aromatic rings. The Morgan fingerprint density at radius 3 is 2.93 bits per heavy atom. The Balaban J connectivity index is 3.11. The summed E-state index contributed by atoms with van der Waals surface area (Å²) in [5.74, 6) is 0.710.